The third-order valence-electron chi connectivity index (χ3n) is 5.87. The molecule has 0 spiro atoms. The molecule has 1 aromatic carbocycles. The van der Waals surface area contributed by atoms with E-state index in [2.05, 4.69) is 4.40 Å². The highest BCUT2D eigenvalue weighted by molar-refractivity contribution is 7.90. The number of ether oxygens (including phenoxy) is 1. The number of benzene rings is 1. The van der Waals surface area contributed by atoms with Gasteiger partial charge in [0.25, 0.3) is 15.9 Å². The van der Waals surface area contributed by atoms with E-state index in [-0.39, 0.29) is 29.3 Å². The van der Waals surface area contributed by atoms with E-state index in [4.69, 9.17) is 4.74 Å². The fourth-order valence-corrected chi connectivity index (χ4v) is 5.56. The summed E-state index contributed by atoms with van der Waals surface area (Å²) in [6, 6.07) is 6.13. The monoisotopic (exact) mass is 419 g/mol. The van der Waals surface area contributed by atoms with Gasteiger partial charge >= 0.3 is 5.97 Å². The maximum atomic E-state index is 12.7. The van der Waals surface area contributed by atoms with Crippen molar-refractivity contribution in [1.29, 1.82) is 0 Å². The van der Waals surface area contributed by atoms with Gasteiger partial charge in [0, 0.05) is 24.7 Å². The molecule has 3 aliphatic rings. The van der Waals surface area contributed by atoms with Crippen molar-refractivity contribution in [1.82, 2.24) is 9.80 Å². The van der Waals surface area contributed by atoms with Crippen molar-refractivity contribution in [2.45, 2.75) is 56.0 Å². The van der Waals surface area contributed by atoms with Crippen LogP contribution >= 0.6 is 0 Å². The molecule has 3 aliphatic heterocycles. The summed E-state index contributed by atoms with van der Waals surface area (Å²) in [5, 5.41) is 0. The minimum atomic E-state index is -3.75. The zero-order valence-electron chi connectivity index (χ0n) is 16.4. The van der Waals surface area contributed by atoms with Crippen molar-refractivity contribution in [2.75, 3.05) is 19.7 Å². The number of likely N-dealkylation sites (tertiary alicyclic amines) is 2. The first-order valence-electron chi connectivity index (χ1n) is 10.1. The Hall–Kier alpha value is -2.42. The largest absolute Gasteiger partial charge is 0.454 e. The van der Waals surface area contributed by atoms with Gasteiger partial charge in [0.2, 0.25) is 0 Å². The lowest BCUT2D eigenvalue weighted by Gasteiger charge is -2.33. The van der Waals surface area contributed by atoms with Gasteiger partial charge < -0.3 is 14.5 Å². The topological polar surface area (TPSA) is 96.3 Å². The zero-order valence-corrected chi connectivity index (χ0v) is 17.2. The van der Waals surface area contributed by atoms with Crippen LogP contribution in [0.3, 0.4) is 0 Å². The molecule has 2 atom stereocenters. The fourth-order valence-electron chi connectivity index (χ4n) is 4.34. The van der Waals surface area contributed by atoms with Crippen LogP contribution in [0.25, 0.3) is 0 Å². The Labute approximate surface area is 170 Å². The molecule has 0 saturated carbocycles. The number of fused-ring (bicyclic) bond motifs is 1. The molecule has 0 aliphatic carbocycles. The van der Waals surface area contributed by atoms with Crippen LogP contribution in [0.15, 0.2) is 33.6 Å². The lowest BCUT2D eigenvalue weighted by atomic mass is 10.0. The van der Waals surface area contributed by atoms with E-state index in [9.17, 15) is 18.0 Å². The average molecular weight is 420 g/mol. The highest BCUT2D eigenvalue weighted by Crippen LogP contribution is 2.31. The zero-order chi connectivity index (χ0) is 20.6. The van der Waals surface area contributed by atoms with Crippen molar-refractivity contribution >= 4 is 27.7 Å². The average Bonchev–Trinajstić information content (AvgIpc) is 3.29. The first-order valence-corrected chi connectivity index (χ1v) is 11.5. The van der Waals surface area contributed by atoms with Gasteiger partial charge in [-0.25, -0.2) is 4.79 Å². The number of rotatable bonds is 3. The van der Waals surface area contributed by atoms with Crippen LogP contribution in [0.2, 0.25) is 0 Å². The molecule has 2 fully saturated rings. The molecular weight excluding hydrogens is 394 g/mol. The Kier molecular flexibility index (Phi) is 5.33. The Balaban J connectivity index is 1.45. The number of sulfonamides is 1. The van der Waals surface area contributed by atoms with Gasteiger partial charge in [-0.3, -0.25) is 4.79 Å². The number of carbonyl (C=O) groups excluding carboxylic acids is 2. The summed E-state index contributed by atoms with van der Waals surface area (Å²) < 4.78 is 33.9. The molecule has 1 amide bonds. The Morgan fingerprint density at radius 3 is 2.72 bits per heavy atom. The summed E-state index contributed by atoms with van der Waals surface area (Å²) in [6.07, 6.45) is 4.29. The number of esters is 1. The highest BCUT2D eigenvalue weighted by Gasteiger charge is 2.40. The summed E-state index contributed by atoms with van der Waals surface area (Å²) in [4.78, 5) is 28.8. The van der Waals surface area contributed by atoms with E-state index >= 15 is 0 Å². The molecule has 9 heteroatoms. The molecule has 0 aromatic heterocycles. The number of hydrogen-bond donors (Lipinski definition) is 0. The van der Waals surface area contributed by atoms with Gasteiger partial charge in [-0.1, -0.05) is 12.1 Å². The number of amides is 1. The molecular formula is C20H25N3O5S. The van der Waals surface area contributed by atoms with E-state index < -0.39 is 22.0 Å². The van der Waals surface area contributed by atoms with Gasteiger partial charge in [0.05, 0.1) is 0 Å². The Morgan fingerprint density at radius 2 is 1.93 bits per heavy atom. The molecule has 2 saturated heterocycles. The van der Waals surface area contributed by atoms with Crippen LogP contribution in [-0.4, -0.2) is 67.7 Å². The van der Waals surface area contributed by atoms with Crippen molar-refractivity contribution in [3.8, 4) is 0 Å². The molecule has 8 nitrogen and oxygen atoms in total. The number of piperidine rings is 1. The third-order valence-corrected chi connectivity index (χ3v) is 7.20. The maximum absolute atomic E-state index is 12.7. The minimum Gasteiger partial charge on any atom is -0.454 e. The molecule has 4 rings (SSSR count). The summed E-state index contributed by atoms with van der Waals surface area (Å²) in [5.41, 5.74) is 0.505. The van der Waals surface area contributed by atoms with Crippen LogP contribution in [0.1, 0.15) is 44.6 Å². The van der Waals surface area contributed by atoms with E-state index in [1.54, 1.807) is 28.0 Å². The van der Waals surface area contributed by atoms with Crippen LogP contribution in [0.5, 0.6) is 0 Å². The Morgan fingerprint density at radius 1 is 1.14 bits per heavy atom. The van der Waals surface area contributed by atoms with Crippen LogP contribution < -0.4 is 0 Å². The SMILES string of the molecule is C[C@@H]1CCCCN1C(=O)COC(=O)[C@@H]1CCCN1C1=NS(=O)(=O)c2ccccc21. The van der Waals surface area contributed by atoms with Crippen molar-refractivity contribution in [2.24, 2.45) is 4.40 Å². The number of nitrogens with zero attached hydrogens (tertiary/aromatic N) is 3. The second kappa shape index (κ2) is 7.78. The predicted octanol–water partition coefficient (Wildman–Crippen LogP) is 1.54. The van der Waals surface area contributed by atoms with E-state index in [1.807, 2.05) is 6.92 Å². The van der Waals surface area contributed by atoms with Gasteiger partial charge in [-0.15, -0.1) is 4.40 Å². The summed E-state index contributed by atoms with van der Waals surface area (Å²) in [5.74, 6) is -0.401. The van der Waals surface area contributed by atoms with Gasteiger partial charge in [-0.05, 0) is 51.2 Å². The number of amidine groups is 1. The number of hydrogen-bond acceptors (Lipinski definition) is 6. The standard InChI is InChI=1S/C20H25N3O5S/c1-14-7-4-5-11-22(14)18(24)13-28-20(25)16-9-6-12-23(16)19-15-8-2-3-10-17(15)29(26,27)21-19/h2-3,8,10,14,16H,4-7,9,11-13H2,1H3/t14-,16+/m1/s1. The van der Waals surface area contributed by atoms with Crippen molar-refractivity contribution in [3.63, 3.8) is 0 Å². The summed E-state index contributed by atoms with van der Waals surface area (Å²) >= 11 is 0. The second-order valence-corrected chi connectivity index (χ2v) is 9.35. The lowest BCUT2D eigenvalue weighted by Crippen LogP contribution is -2.46. The van der Waals surface area contributed by atoms with Gasteiger partial charge in [0.15, 0.2) is 12.4 Å². The summed E-state index contributed by atoms with van der Waals surface area (Å²) in [7, 11) is -3.75. The molecule has 1 aromatic rings. The molecule has 3 heterocycles. The molecule has 0 radical (unpaired) electrons. The second-order valence-electron chi connectivity index (χ2n) is 7.78. The first-order chi connectivity index (χ1) is 13.9. The summed E-state index contributed by atoms with van der Waals surface area (Å²) in [6.45, 7) is 2.93. The highest BCUT2D eigenvalue weighted by atomic mass is 32.2. The first kappa shape index (κ1) is 19.9. The molecule has 29 heavy (non-hydrogen) atoms. The third kappa shape index (κ3) is 3.75. The van der Waals surface area contributed by atoms with Crippen molar-refractivity contribution < 1.29 is 22.7 Å². The van der Waals surface area contributed by atoms with Gasteiger partial charge in [0.1, 0.15) is 10.9 Å². The Bertz CT molecular complexity index is 959. The molecule has 0 N–H and O–H groups in total. The normalized spacial score (nSPS) is 25.5. The van der Waals surface area contributed by atoms with E-state index in [0.29, 0.717) is 25.1 Å². The predicted molar refractivity (Wildman–Crippen MR) is 106 cm³/mol. The number of carbonyl (C=O) groups is 2. The van der Waals surface area contributed by atoms with Crippen molar-refractivity contribution in [3.05, 3.63) is 29.8 Å². The van der Waals surface area contributed by atoms with Gasteiger partial charge in [-0.2, -0.15) is 8.42 Å². The lowest BCUT2D eigenvalue weighted by molar-refractivity contribution is -0.156. The van der Waals surface area contributed by atoms with Crippen LogP contribution in [0.4, 0.5) is 0 Å². The van der Waals surface area contributed by atoms with Crippen LogP contribution in [-0.2, 0) is 24.3 Å². The fraction of sp³-hybridized carbons (Fsp3) is 0.550. The smallest absolute Gasteiger partial charge is 0.329 e. The van der Waals surface area contributed by atoms with Crippen LogP contribution in [0, 0.1) is 0 Å². The molecule has 0 bridgehead atoms. The van der Waals surface area contributed by atoms with E-state index in [0.717, 1.165) is 25.7 Å². The maximum Gasteiger partial charge on any atom is 0.329 e. The van der Waals surface area contributed by atoms with E-state index in [1.165, 1.54) is 6.07 Å². The quantitative estimate of drug-likeness (QED) is 0.690. The molecule has 0 unspecified atom stereocenters. The molecule has 156 valence electrons. The minimum absolute atomic E-state index is 0.156.